The molecule has 8 heteroatoms. The fraction of sp³-hybridized carbons (Fsp3) is 0.438. The van der Waals surface area contributed by atoms with Crippen molar-refractivity contribution in [2.24, 2.45) is 0 Å². The minimum atomic E-state index is -4.10. The lowest BCUT2D eigenvalue weighted by Gasteiger charge is -2.29. The minimum Gasteiger partial charge on any atom is -0.443 e. The molecule has 0 bridgehead atoms. The molecule has 0 saturated carbocycles. The van der Waals surface area contributed by atoms with E-state index in [1.54, 1.807) is 32.9 Å². The zero-order valence-electron chi connectivity index (χ0n) is 14.3. The molecule has 0 unspecified atom stereocenters. The molecule has 24 heavy (non-hydrogen) atoms. The zero-order valence-corrected chi connectivity index (χ0v) is 15.1. The highest BCUT2D eigenvalue weighted by molar-refractivity contribution is 7.89. The Morgan fingerprint density at radius 2 is 1.92 bits per heavy atom. The first kappa shape index (κ1) is 20.1. The van der Waals surface area contributed by atoms with Crippen LogP contribution in [-0.2, 0) is 14.8 Å². The van der Waals surface area contributed by atoms with Crippen LogP contribution in [-0.4, -0.2) is 42.3 Å². The Bertz CT molecular complexity index is 677. The van der Waals surface area contributed by atoms with Gasteiger partial charge < -0.3 is 9.84 Å². The molecule has 0 radical (unpaired) electrons. The summed E-state index contributed by atoms with van der Waals surface area (Å²) in [4.78, 5) is 12.0. The van der Waals surface area contributed by atoms with Crippen LogP contribution < -0.4 is 5.43 Å². The van der Waals surface area contributed by atoms with Crippen LogP contribution in [0.5, 0.6) is 0 Å². The van der Waals surface area contributed by atoms with E-state index in [4.69, 9.17) is 4.74 Å². The maximum absolute atomic E-state index is 12.8. The van der Waals surface area contributed by atoms with Gasteiger partial charge in [-0.1, -0.05) is 28.2 Å². The van der Waals surface area contributed by atoms with E-state index in [-0.39, 0.29) is 4.90 Å². The first-order valence-corrected chi connectivity index (χ1v) is 8.79. The van der Waals surface area contributed by atoms with Gasteiger partial charge in [-0.3, -0.25) is 0 Å². The quantitative estimate of drug-likeness (QED) is 0.600. The highest BCUT2D eigenvalue weighted by atomic mass is 32.2. The van der Waals surface area contributed by atoms with Crippen molar-refractivity contribution in [3.8, 4) is 0 Å². The van der Waals surface area contributed by atoms with E-state index in [0.717, 1.165) is 5.56 Å². The van der Waals surface area contributed by atoms with Gasteiger partial charge in [-0.25, -0.2) is 18.6 Å². The molecule has 1 aromatic rings. The van der Waals surface area contributed by atoms with Gasteiger partial charge in [-0.05, 0) is 39.8 Å². The van der Waals surface area contributed by atoms with E-state index >= 15 is 0 Å². The summed E-state index contributed by atoms with van der Waals surface area (Å²) in [6.07, 6.45) is 0.279. The Balaban J connectivity index is 3.20. The lowest BCUT2D eigenvalue weighted by atomic mass is 10.2. The number of nitrogens with one attached hydrogen (secondary N) is 1. The third-order valence-corrected chi connectivity index (χ3v) is 4.69. The maximum Gasteiger partial charge on any atom is 0.423 e. The van der Waals surface area contributed by atoms with Crippen molar-refractivity contribution in [2.75, 3.05) is 6.61 Å². The molecule has 0 heterocycles. The predicted octanol–water partition coefficient (Wildman–Crippen LogP) is 1.97. The third kappa shape index (κ3) is 5.33. The maximum atomic E-state index is 12.8. The monoisotopic (exact) mass is 356 g/mol. The van der Waals surface area contributed by atoms with E-state index < -0.39 is 34.4 Å². The van der Waals surface area contributed by atoms with Crippen LogP contribution in [0.3, 0.4) is 0 Å². The van der Waals surface area contributed by atoms with E-state index in [9.17, 15) is 18.3 Å². The first-order valence-electron chi connectivity index (χ1n) is 7.35. The summed E-state index contributed by atoms with van der Waals surface area (Å²) in [5.41, 5.74) is 2.27. The smallest absolute Gasteiger partial charge is 0.423 e. The molecule has 0 spiro atoms. The lowest BCUT2D eigenvalue weighted by Crippen LogP contribution is -2.53. The number of benzene rings is 1. The molecule has 0 saturated heterocycles. The Kier molecular flexibility index (Phi) is 6.53. The van der Waals surface area contributed by atoms with Crippen molar-refractivity contribution < 1.29 is 23.1 Å². The van der Waals surface area contributed by atoms with Crippen molar-refractivity contribution >= 4 is 16.1 Å². The molecule has 0 aliphatic rings. The summed E-state index contributed by atoms with van der Waals surface area (Å²) >= 11 is 0. The molecule has 7 nitrogen and oxygen atoms in total. The number of rotatable bonds is 6. The van der Waals surface area contributed by atoms with Crippen molar-refractivity contribution in [1.82, 2.24) is 9.84 Å². The molecule has 1 rings (SSSR count). The number of amides is 1. The van der Waals surface area contributed by atoms with Gasteiger partial charge in [-0.15, -0.1) is 6.58 Å². The van der Waals surface area contributed by atoms with Gasteiger partial charge in [0.05, 0.1) is 17.5 Å². The van der Waals surface area contributed by atoms with Crippen LogP contribution in [0, 0.1) is 6.92 Å². The second kappa shape index (κ2) is 7.78. The number of nitrogens with zero attached hydrogens (tertiary/aromatic N) is 1. The number of aliphatic hydroxyl groups is 1. The summed E-state index contributed by atoms with van der Waals surface area (Å²) in [5, 5.41) is 9.43. The first-order chi connectivity index (χ1) is 11.0. The van der Waals surface area contributed by atoms with E-state index in [2.05, 4.69) is 12.0 Å². The fourth-order valence-electron chi connectivity index (χ4n) is 1.78. The number of sulfonamides is 1. The van der Waals surface area contributed by atoms with Gasteiger partial charge in [-0.2, -0.15) is 0 Å². The lowest BCUT2D eigenvalue weighted by molar-refractivity contribution is 0.0386. The number of hydrazine groups is 1. The standard InChI is InChI=1S/C16H24N2O5S/c1-6-13(11-19)18(17-15(20)23-16(3,4)5)24(21,22)14-9-7-12(2)8-10-14/h6-10,13,19H,1,11H2,2-5H3,(H,17,20)/t13-/m0/s1. The minimum absolute atomic E-state index is 0.0236. The van der Waals surface area contributed by atoms with Crippen LogP contribution in [0.2, 0.25) is 0 Å². The topological polar surface area (TPSA) is 95.9 Å². The molecule has 1 aromatic carbocycles. The van der Waals surface area contributed by atoms with Crippen LogP contribution in [0.4, 0.5) is 4.79 Å². The van der Waals surface area contributed by atoms with Crippen LogP contribution >= 0.6 is 0 Å². The average Bonchev–Trinajstić information content (AvgIpc) is 2.46. The molecule has 0 fully saturated rings. The SMILES string of the molecule is C=C[C@@H](CO)N(NC(=O)OC(C)(C)C)S(=O)(=O)c1ccc(C)cc1. The molecule has 0 aliphatic heterocycles. The zero-order chi connectivity index (χ0) is 18.5. The van der Waals surface area contributed by atoms with Gasteiger partial charge in [0.25, 0.3) is 10.0 Å². The second-order valence-electron chi connectivity index (χ2n) is 6.21. The van der Waals surface area contributed by atoms with Crippen LogP contribution in [0.1, 0.15) is 26.3 Å². The van der Waals surface area contributed by atoms with Gasteiger partial charge in [0.1, 0.15) is 5.60 Å². The molecule has 1 amide bonds. The summed E-state index contributed by atoms with van der Waals surface area (Å²) in [5.74, 6) is 0. The molecular formula is C16H24N2O5S. The predicted molar refractivity (Wildman–Crippen MR) is 90.6 cm³/mol. The molecule has 0 aliphatic carbocycles. The highest BCUT2D eigenvalue weighted by Gasteiger charge is 2.32. The van der Waals surface area contributed by atoms with Crippen molar-refractivity contribution in [3.63, 3.8) is 0 Å². The Morgan fingerprint density at radius 1 is 1.38 bits per heavy atom. The normalized spacial score (nSPS) is 13.4. The number of aryl methyl sites for hydroxylation is 1. The van der Waals surface area contributed by atoms with Crippen LogP contribution in [0.25, 0.3) is 0 Å². The van der Waals surface area contributed by atoms with Gasteiger partial charge in [0, 0.05) is 0 Å². The number of hydrogen-bond acceptors (Lipinski definition) is 5. The van der Waals surface area contributed by atoms with E-state index in [1.807, 2.05) is 6.92 Å². The second-order valence-corrected chi connectivity index (χ2v) is 8.03. The van der Waals surface area contributed by atoms with Crippen molar-refractivity contribution in [3.05, 3.63) is 42.5 Å². The summed E-state index contributed by atoms with van der Waals surface area (Å²) in [6, 6.07) is 5.09. The Morgan fingerprint density at radius 3 is 2.33 bits per heavy atom. The average molecular weight is 356 g/mol. The molecule has 0 aromatic heterocycles. The highest BCUT2D eigenvalue weighted by Crippen LogP contribution is 2.18. The van der Waals surface area contributed by atoms with Crippen molar-refractivity contribution in [1.29, 1.82) is 0 Å². The molecular weight excluding hydrogens is 332 g/mol. The Labute approximate surface area is 143 Å². The van der Waals surface area contributed by atoms with Gasteiger partial charge in [0.15, 0.2) is 0 Å². The molecule has 1 atom stereocenters. The number of hydrogen-bond donors (Lipinski definition) is 2. The summed E-state index contributed by atoms with van der Waals surface area (Å²) in [6.45, 7) is 9.74. The van der Waals surface area contributed by atoms with E-state index in [1.165, 1.54) is 18.2 Å². The number of aliphatic hydroxyl groups excluding tert-OH is 1. The summed E-state index contributed by atoms with van der Waals surface area (Å²) in [7, 11) is -4.10. The van der Waals surface area contributed by atoms with Crippen molar-refractivity contribution in [2.45, 2.75) is 44.2 Å². The van der Waals surface area contributed by atoms with Gasteiger partial charge in [0.2, 0.25) is 0 Å². The number of ether oxygens (including phenoxy) is 1. The molecule has 2 N–H and O–H groups in total. The largest absolute Gasteiger partial charge is 0.443 e. The fourth-order valence-corrected chi connectivity index (χ4v) is 3.19. The Hall–Kier alpha value is -1.90. The number of carbonyl (C=O) groups excluding carboxylic acids is 1. The summed E-state index contributed by atoms with van der Waals surface area (Å²) < 4.78 is 31.3. The third-order valence-electron chi connectivity index (χ3n) is 2.94. The molecule has 134 valence electrons. The van der Waals surface area contributed by atoms with E-state index in [0.29, 0.717) is 4.41 Å². The number of carbonyl (C=O) groups is 1. The van der Waals surface area contributed by atoms with Gasteiger partial charge >= 0.3 is 6.09 Å². The van der Waals surface area contributed by atoms with Crippen LogP contribution in [0.15, 0.2) is 41.8 Å².